The molecule has 1 aromatic heterocycles. The monoisotopic (exact) mass is 348 g/mol. The van der Waals surface area contributed by atoms with Crippen LogP contribution in [0.15, 0.2) is 47.6 Å². The number of aromatic nitrogens is 4. The van der Waals surface area contributed by atoms with E-state index in [2.05, 4.69) is 15.5 Å². The van der Waals surface area contributed by atoms with Crippen LogP contribution in [0.25, 0.3) is 5.69 Å². The van der Waals surface area contributed by atoms with Crippen molar-refractivity contribution in [3.63, 3.8) is 0 Å². The Morgan fingerprint density at radius 1 is 1.21 bits per heavy atom. The second-order valence-corrected chi connectivity index (χ2v) is 6.19. The molecule has 1 unspecified atom stereocenters. The molecule has 1 heterocycles. The number of rotatable bonds is 5. The number of thioether (sulfide) groups is 1. The summed E-state index contributed by atoms with van der Waals surface area (Å²) < 4.78 is 28.2. The summed E-state index contributed by atoms with van der Waals surface area (Å²) in [6.07, 6.45) is -1.10. The highest BCUT2D eigenvalue weighted by Gasteiger charge is 2.16. The van der Waals surface area contributed by atoms with Crippen molar-refractivity contribution in [3.05, 3.63) is 65.2 Å². The Hall–Kier alpha value is -2.32. The molecule has 124 valence electrons. The van der Waals surface area contributed by atoms with Crippen molar-refractivity contribution in [2.45, 2.75) is 18.2 Å². The first-order chi connectivity index (χ1) is 11.5. The van der Waals surface area contributed by atoms with Gasteiger partial charge in [0.05, 0.1) is 11.8 Å². The Kier molecular flexibility index (Phi) is 4.86. The van der Waals surface area contributed by atoms with Gasteiger partial charge in [-0.1, -0.05) is 30.0 Å². The van der Waals surface area contributed by atoms with Gasteiger partial charge in [-0.2, -0.15) is 4.68 Å². The number of benzene rings is 2. The fraction of sp³-hybridized carbons (Fsp3) is 0.188. The van der Waals surface area contributed by atoms with Crippen molar-refractivity contribution in [3.8, 4) is 5.69 Å². The third-order valence-electron chi connectivity index (χ3n) is 3.38. The first kappa shape index (κ1) is 16.5. The van der Waals surface area contributed by atoms with E-state index in [0.29, 0.717) is 5.16 Å². The second kappa shape index (κ2) is 7.06. The Morgan fingerprint density at radius 3 is 2.79 bits per heavy atom. The molecular weight excluding hydrogens is 334 g/mol. The molecular formula is C16H14F2N4OS. The Labute approximate surface area is 141 Å². The lowest BCUT2D eigenvalue weighted by atomic mass is 10.1. The molecule has 0 bridgehead atoms. The van der Waals surface area contributed by atoms with Gasteiger partial charge in [0.2, 0.25) is 5.16 Å². The van der Waals surface area contributed by atoms with Crippen LogP contribution in [0, 0.1) is 18.6 Å². The van der Waals surface area contributed by atoms with Crippen LogP contribution in [0.1, 0.15) is 17.2 Å². The van der Waals surface area contributed by atoms with Crippen molar-refractivity contribution in [2.75, 3.05) is 5.75 Å². The third kappa shape index (κ3) is 3.60. The minimum absolute atomic E-state index is 0.0403. The fourth-order valence-electron chi connectivity index (χ4n) is 2.21. The Bertz CT molecular complexity index is 856. The summed E-state index contributed by atoms with van der Waals surface area (Å²) in [4.78, 5) is 0. The smallest absolute Gasteiger partial charge is 0.214 e. The van der Waals surface area contributed by atoms with Gasteiger partial charge in [-0.05, 0) is 41.1 Å². The second-order valence-electron chi connectivity index (χ2n) is 5.20. The summed E-state index contributed by atoms with van der Waals surface area (Å²) in [6, 6.07) is 10.7. The first-order valence-corrected chi connectivity index (χ1v) is 8.14. The zero-order chi connectivity index (χ0) is 17.1. The van der Waals surface area contributed by atoms with Crippen molar-refractivity contribution < 1.29 is 13.9 Å². The van der Waals surface area contributed by atoms with Crippen LogP contribution >= 0.6 is 11.8 Å². The van der Waals surface area contributed by atoms with Crippen LogP contribution in [0.4, 0.5) is 8.78 Å². The Balaban J connectivity index is 1.75. The van der Waals surface area contributed by atoms with Gasteiger partial charge >= 0.3 is 0 Å². The summed E-state index contributed by atoms with van der Waals surface area (Å²) >= 11 is 1.19. The van der Waals surface area contributed by atoms with Gasteiger partial charge in [0.1, 0.15) is 11.6 Å². The summed E-state index contributed by atoms with van der Waals surface area (Å²) in [6.45, 7) is 1.96. The maximum absolute atomic E-state index is 13.7. The highest BCUT2D eigenvalue weighted by atomic mass is 32.2. The molecule has 0 aliphatic heterocycles. The SMILES string of the molecule is Cc1cccc(-n2nnnc2SCC(O)c2ccc(F)cc2F)c1. The van der Waals surface area contributed by atoms with E-state index in [4.69, 9.17) is 0 Å². The normalized spacial score (nSPS) is 12.3. The summed E-state index contributed by atoms with van der Waals surface area (Å²) in [5.41, 5.74) is 1.90. The maximum atomic E-state index is 13.7. The minimum atomic E-state index is -1.10. The predicted molar refractivity (Wildman–Crippen MR) is 85.9 cm³/mol. The lowest BCUT2D eigenvalue weighted by Crippen LogP contribution is -2.06. The maximum Gasteiger partial charge on any atom is 0.214 e. The van der Waals surface area contributed by atoms with Crippen LogP contribution in [0.2, 0.25) is 0 Å². The van der Waals surface area contributed by atoms with E-state index in [0.717, 1.165) is 23.4 Å². The highest BCUT2D eigenvalue weighted by Crippen LogP contribution is 2.26. The van der Waals surface area contributed by atoms with E-state index in [1.165, 1.54) is 17.8 Å². The molecule has 8 heteroatoms. The zero-order valence-corrected chi connectivity index (χ0v) is 13.5. The molecule has 0 saturated heterocycles. The van der Waals surface area contributed by atoms with Gasteiger partial charge < -0.3 is 5.11 Å². The number of hydrogen-bond donors (Lipinski definition) is 1. The Morgan fingerprint density at radius 2 is 2.04 bits per heavy atom. The largest absolute Gasteiger partial charge is 0.387 e. The molecule has 2 aromatic carbocycles. The van der Waals surface area contributed by atoms with E-state index >= 15 is 0 Å². The summed E-state index contributed by atoms with van der Waals surface area (Å²) in [5.74, 6) is -1.32. The molecule has 1 N–H and O–H groups in total. The molecule has 5 nitrogen and oxygen atoms in total. The quantitative estimate of drug-likeness (QED) is 0.718. The number of aryl methyl sites for hydroxylation is 1. The molecule has 0 aliphatic carbocycles. The van der Waals surface area contributed by atoms with Crippen LogP contribution < -0.4 is 0 Å². The van der Waals surface area contributed by atoms with E-state index in [1.807, 2.05) is 31.2 Å². The molecule has 0 amide bonds. The molecule has 0 aliphatic rings. The van der Waals surface area contributed by atoms with Gasteiger partial charge in [-0.15, -0.1) is 5.10 Å². The minimum Gasteiger partial charge on any atom is -0.387 e. The number of aliphatic hydroxyl groups excluding tert-OH is 1. The first-order valence-electron chi connectivity index (χ1n) is 7.16. The molecule has 1 atom stereocenters. The van der Waals surface area contributed by atoms with Gasteiger partial charge in [0.25, 0.3) is 0 Å². The number of tetrazole rings is 1. The predicted octanol–water partition coefficient (Wildman–Crippen LogP) is 3.07. The van der Waals surface area contributed by atoms with E-state index in [9.17, 15) is 13.9 Å². The van der Waals surface area contributed by atoms with Crippen molar-refractivity contribution in [1.29, 1.82) is 0 Å². The van der Waals surface area contributed by atoms with E-state index < -0.39 is 17.7 Å². The summed E-state index contributed by atoms with van der Waals surface area (Å²) in [5, 5.41) is 22.1. The lowest BCUT2D eigenvalue weighted by Gasteiger charge is -2.11. The van der Waals surface area contributed by atoms with Gasteiger partial charge in [-0.3, -0.25) is 0 Å². The van der Waals surface area contributed by atoms with Gasteiger partial charge in [-0.25, -0.2) is 8.78 Å². The molecule has 3 aromatic rings. The van der Waals surface area contributed by atoms with Gasteiger partial charge in [0.15, 0.2) is 0 Å². The molecule has 0 saturated carbocycles. The summed E-state index contributed by atoms with van der Waals surface area (Å²) in [7, 11) is 0. The number of halogens is 2. The van der Waals surface area contributed by atoms with Crippen molar-refractivity contribution >= 4 is 11.8 Å². The highest BCUT2D eigenvalue weighted by molar-refractivity contribution is 7.99. The molecule has 0 spiro atoms. The molecule has 0 fully saturated rings. The lowest BCUT2D eigenvalue weighted by molar-refractivity contribution is 0.198. The van der Waals surface area contributed by atoms with E-state index in [1.54, 1.807) is 4.68 Å². The average Bonchev–Trinajstić information content (AvgIpc) is 3.01. The number of aliphatic hydroxyl groups is 1. The fourth-order valence-corrected chi connectivity index (χ4v) is 3.05. The van der Waals surface area contributed by atoms with Crippen LogP contribution in [-0.2, 0) is 0 Å². The zero-order valence-electron chi connectivity index (χ0n) is 12.7. The van der Waals surface area contributed by atoms with Gasteiger partial charge in [0, 0.05) is 17.4 Å². The van der Waals surface area contributed by atoms with Crippen molar-refractivity contribution in [1.82, 2.24) is 20.2 Å². The molecule has 3 rings (SSSR count). The number of nitrogens with zero attached hydrogens (tertiary/aromatic N) is 4. The third-order valence-corrected chi connectivity index (χ3v) is 4.37. The topological polar surface area (TPSA) is 63.8 Å². The van der Waals surface area contributed by atoms with E-state index in [-0.39, 0.29) is 11.3 Å². The molecule has 0 radical (unpaired) electrons. The average molecular weight is 348 g/mol. The molecule has 24 heavy (non-hydrogen) atoms. The standard InChI is InChI=1S/C16H14F2N4OS/c1-10-3-2-4-12(7-10)22-16(19-20-21-22)24-9-15(23)13-6-5-11(17)8-14(13)18/h2-8,15,23H,9H2,1H3. The van der Waals surface area contributed by atoms with Crippen LogP contribution in [0.5, 0.6) is 0 Å². The van der Waals surface area contributed by atoms with Crippen molar-refractivity contribution in [2.24, 2.45) is 0 Å². The van der Waals surface area contributed by atoms with Crippen LogP contribution in [-0.4, -0.2) is 31.1 Å². The number of hydrogen-bond acceptors (Lipinski definition) is 5. The van der Waals surface area contributed by atoms with Crippen LogP contribution in [0.3, 0.4) is 0 Å².